The first-order chi connectivity index (χ1) is 9.62. The fourth-order valence-corrected chi connectivity index (χ4v) is 2.37. The van der Waals surface area contributed by atoms with Crippen LogP contribution < -0.4 is 5.32 Å². The zero-order valence-corrected chi connectivity index (χ0v) is 11.9. The summed E-state index contributed by atoms with van der Waals surface area (Å²) in [7, 11) is 1.47. The highest BCUT2D eigenvalue weighted by atomic mass is 19.4. The van der Waals surface area contributed by atoms with Crippen LogP contribution in [-0.2, 0) is 14.3 Å². The third-order valence-corrected chi connectivity index (χ3v) is 3.49. The van der Waals surface area contributed by atoms with Gasteiger partial charge in [0.2, 0.25) is 5.91 Å². The van der Waals surface area contributed by atoms with Crippen LogP contribution in [0.1, 0.15) is 13.3 Å². The monoisotopic (exact) mass is 312 g/mol. The number of carbonyl (C=O) groups is 2. The molecular weight excluding hydrogens is 293 g/mol. The minimum atomic E-state index is -4.84. The van der Waals surface area contributed by atoms with E-state index in [-0.39, 0.29) is 25.7 Å². The van der Waals surface area contributed by atoms with Gasteiger partial charge in [-0.25, -0.2) is 0 Å². The Morgan fingerprint density at radius 3 is 2.52 bits per heavy atom. The van der Waals surface area contributed by atoms with Crippen molar-refractivity contribution in [2.45, 2.75) is 25.6 Å². The van der Waals surface area contributed by atoms with Crippen LogP contribution in [0.3, 0.4) is 0 Å². The molecule has 0 radical (unpaired) electrons. The normalized spacial score (nSPS) is 24.8. The van der Waals surface area contributed by atoms with E-state index in [1.165, 1.54) is 12.0 Å². The number of carbonyl (C=O) groups excluding carboxylic acids is 1. The Morgan fingerprint density at radius 2 is 2.10 bits per heavy atom. The van der Waals surface area contributed by atoms with Gasteiger partial charge in [0, 0.05) is 26.2 Å². The molecule has 9 heteroatoms. The van der Waals surface area contributed by atoms with Crippen LogP contribution in [0.5, 0.6) is 0 Å². The molecule has 21 heavy (non-hydrogen) atoms. The van der Waals surface area contributed by atoms with Gasteiger partial charge in [-0.1, -0.05) is 0 Å². The highest BCUT2D eigenvalue weighted by Crippen LogP contribution is 2.45. The van der Waals surface area contributed by atoms with Gasteiger partial charge in [-0.15, -0.1) is 0 Å². The second-order valence-electron chi connectivity index (χ2n) is 5.27. The Hall–Kier alpha value is -1.35. The maximum absolute atomic E-state index is 13.0. The average Bonchev–Trinajstić information content (AvgIpc) is 2.73. The molecule has 1 amide bonds. The zero-order chi connectivity index (χ0) is 16.3. The molecular formula is C12H19F3N2O4. The third-order valence-electron chi connectivity index (χ3n) is 3.49. The Labute approximate surface area is 120 Å². The molecule has 2 N–H and O–H groups in total. The van der Waals surface area contributed by atoms with E-state index in [2.05, 4.69) is 5.32 Å². The van der Waals surface area contributed by atoms with Gasteiger partial charge in [-0.3, -0.25) is 14.5 Å². The minimum Gasteiger partial charge on any atom is -0.481 e. The highest BCUT2D eigenvalue weighted by molar-refractivity contribution is 5.79. The van der Waals surface area contributed by atoms with E-state index in [1.807, 2.05) is 0 Å². The molecule has 2 atom stereocenters. The lowest BCUT2D eigenvalue weighted by Gasteiger charge is -2.27. The molecule has 0 aromatic rings. The summed E-state index contributed by atoms with van der Waals surface area (Å²) < 4.78 is 43.7. The van der Waals surface area contributed by atoms with Gasteiger partial charge in [0.1, 0.15) is 0 Å². The molecule has 1 aliphatic heterocycles. The quantitative estimate of drug-likeness (QED) is 0.746. The predicted octanol–water partition coefficient (Wildman–Crippen LogP) is 0.476. The summed E-state index contributed by atoms with van der Waals surface area (Å²) in [5, 5.41) is 11.5. The number of hydrogen-bond acceptors (Lipinski definition) is 4. The largest absolute Gasteiger partial charge is 0.481 e. The first kappa shape index (κ1) is 17.7. The Bertz CT molecular complexity index is 402. The number of nitrogens with zero attached hydrogens (tertiary/aromatic N) is 1. The minimum absolute atomic E-state index is 0.0854. The summed E-state index contributed by atoms with van der Waals surface area (Å²) in [5.74, 6) is -2.35. The van der Waals surface area contributed by atoms with Crippen molar-refractivity contribution >= 4 is 11.9 Å². The lowest BCUT2D eigenvalue weighted by atomic mass is 9.86. The lowest BCUT2D eigenvalue weighted by molar-refractivity contribution is -0.227. The highest BCUT2D eigenvalue weighted by Gasteiger charge is 2.63. The number of amides is 1. The van der Waals surface area contributed by atoms with Gasteiger partial charge in [0.15, 0.2) is 5.41 Å². The molecule has 0 aromatic heterocycles. The van der Waals surface area contributed by atoms with Crippen molar-refractivity contribution in [3.63, 3.8) is 0 Å². The number of aliphatic carboxylic acids is 1. The van der Waals surface area contributed by atoms with Gasteiger partial charge in [0.05, 0.1) is 13.2 Å². The van der Waals surface area contributed by atoms with E-state index >= 15 is 0 Å². The van der Waals surface area contributed by atoms with Gasteiger partial charge < -0.3 is 15.2 Å². The predicted molar refractivity (Wildman–Crippen MR) is 66.7 cm³/mol. The van der Waals surface area contributed by atoms with E-state index in [4.69, 9.17) is 9.84 Å². The summed E-state index contributed by atoms with van der Waals surface area (Å²) in [6.07, 6.45) is -5.39. The van der Waals surface area contributed by atoms with Gasteiger partial charge in [-0.05, 0) is 13.3 Å². The van der Waals surface area contributed by atoms with Gasteiger partial charge >= 0.3 is 12.1 Å². The van der Waals surface area contributed by atoms with Crippen LogP contribution in [0, 0.1) is 5.41 Å². The maximum Gasteiger partial charge on any atom is 0.406 e. The molecule has 0 bridgehead atoms. The number of methoxy groups -OCH3 is 1. The Kier molecular flexibility index (Phi) is 5.57. The fourth-order valence-electron chi connectivity index (χ4n) is 2.37. The van der Waals surface area contributed by atoms with Crippen LogP contribution in [0.2, 0.25) is 0 Å². The molecule has 1 fully saturated rings. The smallest absolute Gasteiger partial charge is 0.406 e. The summed E-state index contributed by atoms with van der Waals surface area (Å²) in [4.78, 5) is 23.9. The first-order valence-corrected chi connectivity index (χ1v) is 6.43. The summed E-state index contributed by atoms with van der Waals surface area (Å²) in [6.45, 7) is 0.922. The third kappa shape index (κ3) is 4.07. The SMILES string of the molecule is COCC(C)NC(=O)CN1CCC(C(=O)O)(C(F)(F)F)C1. The van der Waals surface area contributed by atoms with E-state index in [0.29, 0.717) is 0 Å². The van der Waals surface area contributed by atoms with Crippen molar-refractivity contribution in [2.24, 2.45) is 5.41 Å². The van der Waals surface area contributed by atoms with Crippen molar-refractivity contribution < 1.29 is 32.6 Å². The molecule has 1 aliphatic rings. The zero-order valence-electron chi connectivity index (χ0n) is 11.9. The second kappa shape index (κ2) is 6.61. The summed E-state index contributed by atoms with van der Waals surface area (Å²) >= 11 is 0. The number of carboxylic acid groups (broad SMARTS) is 1. The average molecular weight is 312 g/mol. The van der Waals surface area contributed by atoms with Crippen LogP contribution >= 0.6 is 0 Å². The maximum atomic E-state index is 13.0. The molecule has 122 valence electrons. The van der Waals surface area contributed by atoms with Crippen LogP contribution in [0.15, 0.2) is 0 Å². The molecule has 2 unspecified atom stereocenters. The molecule has 1 heterocycles. The van der Waals surface area contributed by atoms with Crippen molar-refractivity contribution in [3.8, 4) is 0 Å². The molecule has 1 rings (SSSR count). The fraction of sp³-hybridized carbons (Fsp3) is 0.833. The number of halogens is 3. The molecule has 1 saturated heterocycles. The van der Waals surface area contributed by atoms with Crippen molar-refractivity contribution in [1.29, 1.82) is 0 Å². The van der Waals surface area contributed by atoms with Crippen molar-refractivity contribution in [1.82, 2.24) is 10.2 Å². The first-order valence-electron chi connectivity index (χ1n) is 6.43. The van der Waals surface area contributed by atoms with E-state index < -0.39 is 36.4 Å². The van der Waals surface area contributed by atoms with Crippen LogP contribution in [0.25, 0.3) is 0 Å². The van der Waals surface area contributed by atoms with Gasteiger partial charge in [0.25, 0.3) is 0 Å². The molecule has 0 aromatic carbocycles. The molecule has 0 aliphatic carbocycles. The number of ether oxygens (including phenoxy) is 1. The summed E-state index contributed by atoms with van der Waals surface area (Å²) in [5.41, 5.74) is -2.79. The number of alkyl halides is 3. The Morgan fingerprint density at radius 1 is 1.48 bits per heavy atom. The number of hydrogen-bond donors (Lipinski definition) is 2. The van der Waals surface area contributed by atoms with Crippen LogP contribution in [0.4, 0.5) is 13.2 Å². The van der Waals surface area contributed by atoms with Gasteiger partial charge in [-0.2, -0.15) is 13.2 Å². The molecule has 0 spiro atoms. The summed E-state index contributed by atoms with van der Waals surface area (Å²) in [6, 6.07) is -0.267. The molecule has 0 saturated carbocycles. The number of rotatable bonds is 6. The van der Waals surface area contributed by atoms with Crippen LogP contribution in [-0.4, -0.2) is 67.5 Å². The van der Waals surface area contributed by atoms with E-state index in [1.54, 1.807) is 6.92 Å². The van der Waals surface area contributed by atoms with E-state index in [9.17, 15) is 22.8 Å². The van der Waals surface area contributed by atoms with E-state index in [0.717, 1.165) is 0 Å². The van der Waals surface area contributed by atoms with Crippen molar-refractivity contribution in [2.75, 3.05) is 33.4 Å². The number of nitrogens with one attached hydrogen (secondary N) is 1. The topological polar surface area (TPSA) is 78.9 Å². The standard InChI is InChI=1S/C12H19F3N2O4/c1-8(6-21-2)16-9(18)5-17-4-3-11(7-17,10(19)20)12(13,14)15/h8H,3-7H2,1-2H3,(H,16,18)(H,19,20). The van der Waals surface area contributed by atoms with Crippen molar-refractivity contribution in [3.05, 3.63) is 0 Å². The number of carboxylic acids is 1. The molecule has 6 nitrogen and oxygen atoms in total. The lowest BCUT2D eigenvalue weighted by Crippen LogP contribution is -2.48. The number of likely N-dealkylation sites (tertiary alicyclic amines) is 1. The second-order valence-corrected chi connectivity index (χ2v) is 5.27. The Balaban J connectivity index is 2.61.